The van der Waals surface area contributed by atoms with Gasteiger partial charge in [-0.15, -0.1) is 0 Å². The Morgan fingerprint density at radius 2 is 1.76 bits per heavy atom. The van der Waals surface area contributed by atoms with Crippen LogP contribution in [0.15, 0.2) is 59.7 Å². The van der Waals surface area contributed by atoms with Gasteiger partial charge in [0.2, 0.25) is 11.8 Å². The first-order valence-electron chi connectivity index (χ1n) is 14.6. The number of hydrogen-bond acceptors (Lipinski definition) is 6. The second-order valence-electron chi connectivity index (χ2n) is 11.5. The fourth-order valence-corrected chi connectivity index (χ4v) is 7.04. The van der Waals surface area contributed by atoms with E-state index in [1.165, 1.54) is 17.0 Å². The van der Waals surface area contributed by atoms with E-state index < -0.39 is 42.0 Å². The molecule has 0 unspecified atom stereocenters. The van der Waals surface area contributed by atoms with E-state index in [0.29, 0.717) is 23.1 Å². The molecule has 5 rings (SSSR count). The Balaban J connectivity index is 1.40. The number of hydrogen-bond donors (Lipinski definition) is 4. The summed E-state index contributed by atoms with van der Waals surface area (Å²) in [6.07, 6.45) is 6.13. The highest BCUT2D eigenvalue weighted by Gasteiger charge is 2.56. The number of halogens is 1. The van der Waals surface area contributed by atoms with E-state index in [1.807, 2.05) is 30.3 Å². The third-order valence-corrected chi connectivity index (χ3v) is 9.05. The number of rotatable bonds is 9. The number of carbonyl (C=O) groups excluding carboxylic acids is 2. The smallest absolute Gasteiger partial charge is 0.234 e. The molecule has 7 nitrogen and oxygen atoms in total. The van der Waals surface area contributed by atoms with Crippen molar-refractivity contribution < 1.29 is 34.4 Å². The number of likely N-dealkylation sites (tertiary alicyclic amines) is 1. The van der Waals surface area contributed by atoms with Crippen LogP contribution in [0.25, 0.3) is 11.6 Å². The second kappa shape index (κ2) is 12.7. The molecule has 2 aliphatic carbocycles. The van der Waals surface area contributed by atoms with Gasteiger partial charge >= 0.3 is 0 Å². The second-order valence-corrected chi connectivity index (χ2v) is 11.5. The van der Waals surface area contributed by atoms with Crippen molar-refractivity contribution in [2.75, 3.05) is 13.2 Å². The Morgan fingerprint density at radius 1 is 1.02 bits per heavy atom. The molecule has 0 bridgehead atoms. The van der Waals surface area contributed by atoms with E-state index in [1.54, 1.807) is 12.1 Å². The number of carbonyl (C=O) groups is 2. The van der Waals surface area contributed by atoms with Crippen molar-refractivity contribution in [3.63, 3.8) is 0 Å². The van der Waals surface area contributed by atoms with Gasteiger partial charge < -0.3 is 20.4 Å². The van der Waals surface area contributed by atoms with Crippen LogP contribution in [0.1, 0.15) is 62.5 Å². The lowest BCUT2D eigenvalue weighted by atomic mass is 9.68. The maximum atomic E-state index is 14.0. The maximum Gasteiger partial charge on any atom is 0.234 e. The van der Waals surface area contributed by atoms with Crippen molar-refractivity contribution in [2.24, 2.45) is 17.8 Å². The zero-order chi connectivity index (χ0) is 29.1. The molecule has 0 aromatic heterocycles. The van der Waals surface area contributed by atoms with Crippen LogP contribution >= 0.6 is 0 Å². The summed E-state index contributed by atoms with van der Waals surface area (Å²) in [6, 6.07) is 13.5. The number of benzene rings is 2. The first-order valence-corrected chi connectivity index (χ1v) is 14.6. The van der Waals surface area contributed by atoms with Crippen molar-refractivity contribution >= 4 is 23.5 Å². The van der Waals surface area contributed by atoms with Gasteiger partial charge in [-0.2, -0.15) is 0 Å². The highest BCUT2D eigenvalue weighted by Crippen LogP contribution is 2.47. The lowest BCUT2D eigenvalue weighted by Crippen LogP contribution is -2.42. The number of amides is 2. The fourth-order valence-electron chi connectivity index (χ4n) is 7.04. The van der Waals surface area contributed by atoms with E-state index in [9.17, 15) is 34.4 Å². The first kappa shape index (κ1) is 29.2. The summed E-state index contributed by atoms with van der Waals surface area (Å²) in [6.45, 7) is -0.784. The van der Waals surface area contributed by atoms with E-state index >= 15 is 0 Å². The third kappa shape index (κ3) is 5.87. The number of aliphatic hydroxyl groups excluding tert-OH is 3. The van der Waals surface area contributed by atoms with Crippen molar-refractivity contribution in [2.45, 2.75) is 63.5 Å². The van der Waals surface area contributed by atoms with Crippen molar-refractivity contribution in [1.82, 2.24) is 4.90 Å². The van der Waals surface area contributed by atoms with Crippen LogP contribution in [0.4, 0.5) is 4.39 Å². The topological polar surface area (TPSA) is 118 Å². The maximum absolute atomic E-state index is 14.0. The highest BCUT2D eigenvalue weighted by atomic mass is 19.1. The quantitative estimate of drug-likeness (QED) is 0.203. The zero-order valence-electron chi connectivity index (χ0n) is 23.1. The molecule has 218 valence electrons. The number of allylic oxidation sites excluding steroid dienone is 1. The van der Waals surface area contributed by atoms with Gasteiger partial charge in [-0.1, -0.05) is 61.7 Å². The minimum absolute atomic E-state index is 0.122. The Bertz CT molecular complexity index is 1330. The molecule has 2 aromatic carbocycles. The predicted molar refractivity (Wildman–Crippen MR) is 153 cm³/mol. The molecule has 2 fully saturated rings. The highest BCUT2D eigenvalue weighted by molar-refractivity contribution is 6.06. The molecule has 8 heteroatoms. The van der Waals surface area contributed by atoms with Crippen LogP contribution in [0, 0.1) is 23.6 Å². The van der Waals surface area contributed by atoms with Crippen LogP contribution < -0.4 is 0 Å². The lowest BCUT2D eigenvalue weighted by Gasteiger charge is -2.36. The fraction of sp³-hybridized carbons (Fsp3) is 0.455. The van der Waals surface area contributed by atoms with Crippen molar-refractivity contribution in [3.05, 3.63) is 76.6 Å². The molecule has 0 spiro atoms. The molecule has 1 heterocycles. The van der Waals surface area contributed by atoms with E-state index in [4.69, 9.17) is 0 Å². The number of fused-ring (bicyclic) bond motifs is 1. The summed E-state index contributed by atoms with van der Waals surface area (Å²) in [4.78, 5) is 28.5. The molecule has 2 aromatic rings. The lowest BCUT2D eigenvalue weighted by molar-refractivity contribution is -0.143. The number of aromatic hydroxyl groups is 1. The average molecular weight is 564 g/mol. The summed E-state index contributed by atoms with van der Waals surface area (Å²) < 4.78 is 14.0. The van der Waals surface area contributed by atoms with E-state index in [0.717, 1.165) is 43.2 Å². The zero-order valence-corrected chi connectivity index (χ0v) is 23.1. The minimum Gasteiger partial charge on any atom is -0.505 e. The van der Waals surface area contributed by atoms with Gasteiger partial charge in [-0.25, -0.2) is 4.39 Å². The molecular weight excluding hydrogens is 525 g/mol. The van der Waals surface area contributed by atoms with Gasteiger partial charge in [-0.05, 0) is 72.1 Å². The Kier molecular flexibility index (Phi) is 9.02. The monoisotopic (exact) mass is 563 g/mol. The van der Waals surface area contributed by atoms with Gasteiger partial charge in [0.25, 0.3) is 0 Å². The van der Waals surface area contributed by atoms with Gasteiger partial charge in [0.1, 0.15) is 0 Å². The number of phenolic OH excluding ortho intramolecular Hbond substituents is 1. The molecule has 3 aliphatic rings. The largest absolute Gasteiger partial charge is 0.505 e. The molecule has 1 saturated carbocycles. The standard InChI is InChI=1S/C33H38FNO6/c34-27-16-20(11-13-28(27)38)15-22(21-7-3-1-4-8-21)12-14-29(39)30-23(18-36)17-25-31(26(30)19-37)33(41)35(32(25)40)24-9-5-2-6-10-24/h1,3-4,7-8,11,13,15-16,24-26,29,31,36-39H,2,5-6,9-10,12,14,17-19H2/b22-15-/t25-,26+,29-,31-/m1/s1. The van der Waals surface area contributed by atoms with E-state index in [-0.39, 0.29) is 37.3 Å². The molecule has 4 atom stereocenters. The molecule has 1 saturated heterocycles. The van der Waals surface area contributed by atoms with E-state index in [2.05, 4.69) is 0 Å². The molecule has 0 radical (unpaired) electrons. The number of imide groups is 1. The van der Waals surface area contributed by atoms with Gasteiger partial charge in [0, 0.05) is 12.0 Å². The van der Waals surface area contributed by atoms with Gasteiger partial charge in [0.05, 0.1) is 31.2 Å². The SMILES string of the molecule is O=C1[C@@H]2[C@@H](CC(CO)=C([C@H](O)CC/C(=C/c3ccc(O)c(F)c3)c3ccccc3)[C@@H]2CO)C(=O)N1C1CCCCC1. The molecule has 4 N–H and O–H groups in total. The average Bonchev–Trinajstić information content (AvgIpc) is 3.25. The van der Waals surface area contributed by atoms with Crippen LogP contribution in [-0.4, -0.2) is 62.5 Å². The molecule has 41 heavy (non-hydrogen) atoms. The normalized spacial score (nSPS) is 24.6. The summed E-state index contributed by atoms with van der Waals surface area (Å²) in [7, 11) is 0. The van der Waals surface area contributed by atoms with Crippen molar-refractivity contribution in [1.29, 1.82) is 0 Å². The summed E-state index contributed by atoms with van der Waals surface area (Å²) in [5.41, 5.74) is 3.22. The third-order valence-electron chi connectivity index (χ3n) is 9.05. The van der Waals surface area contributed by atoms with Crippen LogP contribution in [0.3, 0.4) is 0 Å². The predicted octanol–water partition coefficient (Wildman–Crippen LogP) is 4.45. The number of phenols is 1. The first-order chi connectivity index (χ1) is 19.8. The summed E-state index contributed by atoms with van der Waals surface area (Å²) >= 11 is 0. The Morgan fingerprint density at radius 3 is 2.41 bits per heavy atom. The minimum atomic E-state index is -1.06. The molecule has 2 amide bonds. The van der Waals surface area contributed by atoms with Gasteiger partial charge in [-0.3, -0.25) is 14.5 Å². The number of nitrogens with zero attached hydrogens (tertiary/aromatic N) is 1. The molecule has 1 aliphatic heterocycles. The Labute approximate surface area is 239 Å². The van der Waals surface area contributed by atoms with Crippen LogP contribution in [0.5, 0.6) is 5.75 Å². The summed E-state index contributed by atoms with van der Waals surface area (Å²) in [5.74, 6) is -3.81. The number of aliphatic hydroxyl groups is 3. The molecular formula is C33H38FNO6. The Hall–Kier alpha value is -3.33. The van der Waals surface area contributed by atoms with Crippen LogP contribution in [0.2, 0.25) is 0 Å². The van der Waals surface area contributed by atoms with Gasteiger partial charge in [0.15, 0.2) is 11.6 Å². The van der Waals surface area contributed by atoms with Crippen LogP contribution in [-0.2, 0) is 9.59 Å². The van der Waals surface area contributed by atoms with Crippen molar-refractivity contribution in [3.8, 4) is 5.75 Å². The summed E-state index contributed by atoms with van der Waals surface area (Å²) in [5, 5.41) is 41.9.